The maximum Gasteiger partial charge on any atom is 1.00 e. The molecule has 30 nitrogen and oxygen atoms in total. The number of aliphatic carboxylic acids is 1. The predicted molar refractivity (Wildman–Crippen MR) is 586 cm³/mol. The molecule has 0 aliphatic carbocycles. The first-order valence-electron chi connectivity index (χ1n) is 41.5. The number of hydroxylamine groups is 1. The normalized spacial score (nSPS) is 9.87. The van der Waals surface area contributed by atoms with Crippen molar-refractivity contribution in [2.45, 2.75) is 52.1 Å². The largest absolute Gasteiger partial charge is 1.00 e. The number of nitrogens with one attached hydrogen (secondary N) is 5. The molecule has 0 spiro atoms. The number of nitrogens with zero attached hydrogens (tertiary/aromatic N) is 8. The van der Waals surface area contributed by atoms with Crippen molar-refractivity contribution in [2.24, 2.45) is 10.9 Å². The molecule has 10 aromatic heterocycles. The van der Waals surface area contributed by atoms with Gasteiger partial charge in [-0.25, -0.2) is 77.6 Å². The number of carbonyl (C=O) groups excluding carboxylic acids is 2. The molecule has 0 saturated heterocycles. The number of thiocarbonyl (C=S) groups is 1. The number of ether oxygens (including phenoxy) is 2. The molecule has 11 N–H and O–H groups in total. The average molecular weight is 2450 g/mol. The van der Waals surface area contributed by atoms with Gasteiger partial charge in [-0.05, 0) is 209 Å². The molecule has 15 aromatic rings. The topological polar surface area (TPSA) is 452 Å². The summed E-state index contributed by atoms with van der Waals surface area (Å²) in [5, 5.41) is 71.5. The number of carboxylic acids is 4. The number of aromatic nitrogens is 6. The van der Waals surface area contributed by atoms with Gasteiger partial charge in [0.05, 0.1) is 64.9 Å². The van der Waals surface area contributed by atoms with Gasteiger partial charge in [0, 0.05) is 93.7 Å². The third-order valence-electron chi connectivity index (χ3n) is 17.3. The third-order valence-corrected chi connectivity index (χ3v) is 25.3. The Morgan fingerprint density at radius 3 is 1.20 bits per heavy atom. The molecule has 0 radical (unpaired) electrons. The van der Waals surface area contributed by atoms with E-state index in [0.717, 1.165) is 24.0 Å². The first-order valence-corrected chi connectivity index (χ1v) is 55.1. The summed E-state index contributed by atoms with van der Waals surface area (Å²) in [6.45, 7) is 20.6. The van der Waals surface area contributed by atoms with Gasteiger partial charge < -0.3 is 67.6 Å². The van der Waals surface area contributed by atoms with E-state index in [2.05, 4.69) is 181 Å². The van der Waals surface area contributed by atoms with Crippen LogP contribution in [0.25, 0.3) is 40.9 Å². The minimum Gasteiger partial charge on any atom is -1.00 e. The Labute approximate surface area is 993 Å². The molecule has 0 atom stereocenters. The number of hydrogen-bond donors (Lipinski definition) is 10. The van der Waals surface area contributed by atoms with Crippen LogP contribution in [-0.2, 0) is 46.5 Å². The number of terminal acetylenes is 3. The van der Waals surface area contributed by atoms with Crippen molar-refractivity contribution in [1.82, 2.24) is 35.4 Å². The molecule has 0 fully saturated rings. The van der Waals surface area contributed by atoms with E-state index >= 15 is 0 Å². The number of carbonyl (C=O) groups is 6. The predicted octanol–water partition coefficient (Wildman–Crippen LogP) is 17.8. The summed E-state index contributed by atoms with van der Waals surface area (Å²) in [4.78, 5) is 108. The van der Waals surface area contributed by atoms with Crippen LogP contribution in [0.4, 0.5) is 70.4 Å². The fraction of sp³-hybridized carbons (Fsp3) is 0.120. The van der Waals surface area contributed by atoms with Crippen LogP contribution < -0.4 is 141 Å². The molecule has 148 heavy (non-hydrogen) atoms. The molecular formula is C100H85Cl2F5I2K2N14O16S5Si2. The Kier molecular flexibility index (Phi) is 59.0. The van der Waals surface area contributed by atoms with E-state index in [1.54, 1.807) is 152 Å². The minimum atomic E-state index is -1.54. The van der Waals surface area contributed by atoms with E-state index in [0.29, 0.717) is 113 Å². The number of rotatable bonds is 26. The summed E-state index contributed by atoms with van der Waals surface area (Å²) in [5.74, 6) is 5.41. The van der Waals surface area contributed by atoms with Crippen molar-refractivity contribution in [3.05, 3.63) is 323 Å². The Morgan fingerprint density at radius 2 is 0.872 bits per heavy atom. The summed E-state index contributed by atoms with van der Waals surface area (Å²) in [5.41, 5.74) is 12.7. The number of thiophene rings is 4. The average Bonchev–Trinajstić information content (AvgIpc) is 1.66. The summed E-state index contributed by atoms with van der Waals surface area (Å²) in [6, 6.07) is 45.2. The van der Waals surface area contributed by atoms with Gasteiger partial charge in [0.1, 0.15) is 138 Å². The molecule has 5 aromatic carbocycles. The van der Waals surface area contributed by atoms with E-state index < -0.39 is 69.2 Å². The SMILES string of the molecule is C#C[Si](C)(C)C.C#Cc1ccc(Nc2sc3ncccc3c2C(=O)NOCCOC=C)c(F)c1.C#Cc1ccc(Nc2sc3ncccc3c2C(=O)O)c(F)c1.C=COCCON.C[Si](C)(C)C#Cc1ccc(Nc2sc3ncccc3c2C(=O)O)c(F)c1.Fc1cc(I)ccc1N=C=S.N#CCc1cccnc1Cl.O=C(O)Cc1cccnc1Cl.O=C(O)c1c(Nc2ccc(I)cc2F)sc2ncccc12.O=CO[O-].[H-].[K+].[K+]. The fourth-order valence-electron chi connectivity index (χ4n) is 10.9. The van der Waals surface area contributed by atoms with Crippen LogP contribution >= 0.6 is 126 Å². The molecular weight excluding hydrogens is 2370 g/mol. The van der Waals surface area contributed by atoms with Crippen molar-refractivity contribution >= 4 is 273 Å². The quantitative estimate of drug-likeness (QED) is 0.00196. The maximum atomic E-state index is 14.5. The second-order valence-corrected chi connectivity index (χ2v) is 46.9. The van der Waals surface area contributed by atoms with Gasteiger partial charge in [0.25, 0.3) is 12.4 Å². The fourth-order valence-corrected chi connectivity index (χ4v) is 17.0. The zero-order chi connectivity index (χ0) is 108. The zero-order valence-corrected chi connectivity index (χ0v) is 97.6. The number of nitrogens with two attached hydrogens (primary N) is 1. The molecule has 0 aliphatic rings. The van der Waals surface area contributed by atoms with E-state index in [4.69, 9.17) is 72.5 Å². The van der Waals surface area contributed by atoms with Gasteiger partial charge in [0.2, 0.25) is 0 Å². The Hall–Kier alpha value is -11.3. The number of aromatic carboxylic acids is 3. The van der Waals surface area contributed by atoms with E-state index in [-0.39, 0.29) is 186 Å². The van der Waals surface area contributed by atoms with Crippen LogP contribution in [0.2, 0.25) is 49.6 Å². The molecule has 48 heteroatoms. The van der Waals surface area contributed by atoms with Crippen LogP contribution in [0.15, 0.2) is 232 Å². The van der Waals surface area contributed by atoms with Crippen LogP contribution in [0, 0.1) is 95.7 Å². The molecule has 0 saturated carbocycles. The number of isothiocyanates is 1. The molecule has 15 rings (SSSR count). The molecule has 0 aliphatic heterocycles. The van der Waals surface area contributed by atoms with Gasteiger partial charge in [-0.15, -0.1) is 30.4 Å². The van der Waals surface area contributed by atoms with Crippen LogP contribution in [0.3, 0.4) is 0 Å². The summed E-state index contributed by atoms with van der Waals surface area (Å²) < 4.78 is 80.7. The summed E-state index contributed by atoms with van der Waals surface area (Å²) >= 11 is 24.4. The number of benzene rings is 5. The van der Waals surface area contributed by atoms with Gasteiger partial charge in [-0.1, -0.05) is 151 Å². The van der Waals surface area contributed by atoms with Gasteiger partial charge >= 0.3 is 127 Å². The molecule has 0 unspecified atom stereocenters. The second-order valence-electron chi connectivity index (χ2n) is 30.0. The number of aliphatic imine (C=N–C) groups is 1. The Morgan fingerprint density at radius 1 is 0.527 bits per heavy atom. The molecule has 10 heterocycles. The minimum absolute atomic E-state index is 0. The summed E-state index contributed by atoms with van der Waals surface area (Å²) in [7, 11) is -2.64. The number of amides is 1. The van der Waals surface area contributed by atoms with Gasteiger partial charge in [-0.2, -0.15) is 10.3 Å². The van der Waals surface area contributed by atoms with Crippen LogP contribution in [0.5, 0.6) is 0 Å². The summed E-state index contributed by atoms with van der Waals surface area (Å²) in [6.07, 6.45) is 28.0. The van der Waals surface area contributed by atoms with Crippen molar-refractivity contribution in [1.29, 1.82) is 5.26 Å². The van der Waals surface area contributed by atoms with Crippen molar-refractivity contribution in [2.75, 3.05) is 47.7 Å². The smallest absolute Gasteiger partial charge is 1.00 e. The zero-order valence-electron chi connectivity index (χ0n) is 80.5. The number of carboxylic acid groups (broad SMARTS) is 4. The van der Waals surface area contributed by atoms with Crippen molar-refractivity contribution in [3.63, 3.8) is 0 Å². The van der Waals surface area contributed by atoms with Gasteiger partial charge in [0.15, 0.2) is 5.82 Å². The number of hydrogen-bond acceptors (Lipinski definition) is 30. The third kappa shape index (κ3) is 43.7. The number of anilines is 8. The number of halogens is 9. The van der Waals surface area contributed by atoms with Crippen LogP contribution in [0.1, 0.15) is 70.7 Å². The first-order chi connectivity index (χ1) is 69.7. The molecule has 754 valence electrons. The monoisotopic (exact) mass is 2450 g/mol. The molecule has 1 amide bonds. The maximum absolute atomic E-state index is 14.5. The van der Waals surface area contributed by atoms with Crippen molar-refractivity contribution < 1.29 is 205 Å². The van der Waals surface area contributed by atoms with Gasteiger partial charge in [-0.3, -0.25) is 19.2 Å². The second kappa shape index (κ2) is 67.7. The Bertz CT molecular complexity index is 7450. The Balaban J connectivity index is 0.000000443. The van der Waals surface area contributed by atoms with Crippen molar-refractivity contribution in [3.8, 4) is 54.2 Å². The van der Waals surface area contributed by atoms with E-state index in [1.165, 1.54) is 95.2 Å². The number of nitriles is 1. The first kappa shape index (κ1) is 129. The number of fused-ring (bicyclic) bond motifs is 4. The van der Waals surface area contributed by atoms with E-state index in [9.17, 15) is 61.2 Å². The van der Waals surface area contributed by atoms with E-state index in [1.807, 2.05) is 51.3 Å². The number of pyridine rings is 6. The standard InChI is InChI=1S/C20H16FN3O3S.C19H17FN2O2SSi.C16H9FN2O2S.C14H8FIN2O2S.C7H5ClN2.C7H6ClNO2.C7H3FINS.C5H10Si.C4H9NO2.CH2O3.2K.H/c1-3-13-7-8-16(15(21)12-13)23-20-17(14-6-5-9-22-19(14)28-20)18(25)24-27-11-10-26-4-2;1-26(2,3)10-8-12-6-7-15(14(20)11-12)22-18-16(19(23)24)13-5-4-9-21-17(13)25-18;1-2-9-5-6-12(11(17)8-9)19-15-13(16(20)21)10-4-3-7-18-14(10)22-15;15-9-6-7(16)3-4-10(9)18-13-11(14(19)20)8-2-1-5-17-12(8)21-13;8-7-6(3-4-9)2-1-5-10-7;8-7-5(4-6(10)11)2-1-3-9-7;8-6-3-5(9)1-2-7(6)10-4-11;1-5-6(2,3)4;1-2-6-3-4-7-5;2-1-4-3;;;/h1,4-9,12,23H,2,10-11H2,(H,24,25);4-7,9,11,22H,1-3H3,(H,23,24);1,3-8,19H,(H,20,21);1-6,18H,(H,19,20);1-2,5H,3H2;1-3H,4H2,(H,10,11);1-3H;1H,2-4H3;2H,1,3-5H2;1,3H;;;/q;;;;;;;;;;2*+1;-1/p-1. The van der Waals surface area contributed by atoms with Crippen LogP contribution in [-0.4, -0.2) is 134 Å². The molecule has 0 bridgehead atoms.